The molecule has 1 amide bonds. The van der Waals surface area contributed by atoms with Crippen LogP contribution in [0.25, 0.3) is 0 Å². The topological polar surface area (TPSA) is 42.4 Å². The number of benzene rings is 1. The second-order valence-corrected chi connectivity index (χ2v) is 6.07. The molecular formula is C16H19FN2O2S. The van der Waals surface area contributed by atoms with E-state index < -0.39 is 0 Å². The minimum absolute atomic E-state index is 0.0560. The van der Waals surface area contributed by atoms with Gasteiger partial charge in [-0.15, -0.1) is 11.3 Å². The van der Waals surface area contributed by atoms with E-state index in [-0.39, 0.29) is 17.8 Å². The minimum atomic E-state index is -0.308. The highest BCUT2D eigenvalue weighted by Crippen LogP contribution is 2.21. The maximum atomic E-state index is 13.3. The average molecular weight is 322 g/mol. The quantitative estimate of drug-likeness (QED) is 0.845. The van der Waals surface area contributed by atoms with Crippen LogP contribution in [0, 0.1) is 12.7 Å². The Kier molecular flexibility index (Phi) is 5.26. The fourth-order valence-electron chi connectivity index (χ4n) is 2.00. The summed E-state index contributed by atoms with van der Waals surface area (Å²) in [6.45, 7) is 3.98. The van der Waals surface area contributed by atoms with Crippen LogP contribution in [0.5, 0.6) is 0 Å². The number of nitrogens with zero attached hydrogens (tertiary/aromatic N) is 2. The van der Waals surface area contributed by atoms with Gasteiger partial charge in [-0.3, -0.25) is 4.79 Å². The summed E-state index contributed by atoms with van der Waals surface area (Å²) < 4.78 is 18.5. The summed E-state index contributed by atoms with van der Waals surface area (Å²) in [5, 5.41) is 2.81. The Morgan fingerprint density at radius 3 is 2.86 bits per heavy atom. The lowest BCUT2D eigenvalue weighted by Gasteiger charge is -2.16. The first-order valence-corrected chi connectivity index (χ1v) is 7.79. The molecule has 0 spiro atoms. The predicted octanol–water partition coefficient (Wildman–Crippen LogP) is 3.57. The number of carbonyl (C=O) groups excluding carboxylic acids is 1. The van der Waals surface area contributed by atoms with Gasteiger partial charge in [-0.2, -0.15) is 0 Å². The van der Waals surface area contributed by atoms with Gasteiger partial charge in [0.15, 0.2) is 0 Å². The molecule has 0 fully saturated rings. The second-order valence-electron chi connectivity index (χ2n) is 5.18. The zero-order valence-electron chi connectivity index (χ0n) is 13.1. The number of methoxy groups -OCH3 is 1. The number of rotatable bonds is 5. The van der Waals surface area contributed by atoms with Gasteiger partial charge in [-0.05, 0) is 37.6 Å². The van der Waals surface area contributed by atoms with Crippen molar-refractivity contribution < 1.29 is 13.9 Å². The van der Waals surface area contributed by atoms with Crippen LogP contribution in [0.4, 0.5) is 4.39 Å². The fraction of sp³-hybridized carbons (Fsp3) is 0.375. The monoisotopic (exact) mass is 322 g/mol. The van der Waals surface area contributed by atoms with Gasteiger partial charge in [0.05, 0.1) is 12.2 Å². The van der Waals surface area contributed by atoms with Crippen LogP contribution in [-0.4, -0.2) is 29.9 Å². The molecule has 0 radical (unpaired) electrons. The van der Waals surface area contributed by atoms with E-state index in [1.807, 2.05) is 12.3 Å². The first-order chi connectivity index (χ1) is 10.4. The molecule has 1 aromatic carbocycles. The molecular weight excluding hydrogens is 303 g/mol. The highest BCUT2D eigenvalue weighted by molar-refractivity contribution is 7.09. The molecule has 118 valence electrons. The molecule has 2 rings (SSSR count). The van der Waals surface area contributed by atoms with Gasteiger partial charge in [0.2, 0.25) is 0 Å². The molecule has 0 aliphatic carbocycles. The molecule has 0 aliphatic rings. The van der Waals surface area contributed by atoms with Crippen LogP contribution in [0.15, 0.2) is 23.6 Å². The lowest BCUT2D eigenvalue weighted by Crippen LogP contribution is -2.26. The first-order valence-electron chi connectivity index (χ1n) is 6.91. The van der Waals surface area contributed by atoms with Gasteiger partial charge in [0.1, 0.15) is 16.9 Å². The van der Waals surface area contributed by atoms with Gasteiger partial charge in [-0.1, -0.05) is 0 Å². The zero-order chi connectivity index (χ0) is 16.3. The Balaban J connectivity index is 2.07. The molecule has 1 aromatic heterocycles. The number of hydrogen-bond acceptors (Lipinski definition) is 4. The van der Waals surface area contributed by atoms with Crippen LogP contribution in [0.3, 0.4) is 0 Å². The van der Waals surface area contributed by atoms with Crippen molar-refractivity contribution in [3.8, 4) is 0 Å². The lowest BCUT2D eigenvalue weighted by atomic mass is 10.1. The minimum Gasteiger partial charge on any atom is -0.375 e. The lowest BCUT2D eigenvalue weighted by molar-refractivity contribution is 0.0783. The molecule has 1 heterocycles. The third-order valence-corrected chi connectivity index (χ3v) is 4.48. The Morgan fingerprint density at radius 1 is 1.50 bits per heavy atom. The standard InChI is InChI=1S/C16H19FN2O2S/c1-10-7-12(5-6-14(10)17)16(20)19(3)8-13-9-22-15(18-13)11(2)21-4/h5-7,9,11H,8H2,1-4H3/t11-/m1/s1. The van der Waals surface area contributed by atoms with Crippen molar-refractivity contribution in [3.63, 3.8) is 0 Å². The van der Waals surface area contributed by atoms with Crippen molar-refractivity contribution >= 4 is 17.2 Å². The van der Waals surface area contributed by atoms with Gasteiger partial charge >= 0.3 is 0 Å². The van der Waals surface area contributed by atoms with Crippen molar-refractivity contribution in [1.29, 1.82) is 0 Å². The van der Waals surface area contributed by atoms with E-state index in [4.69, 9.17) is 4.74 Å². The molecule has 0 saturated heterocycles. The summed E-state index contributed by atoms with van der Waals surface area (Å²) in [5.41, 5.74) is 1.75. The van der Waals surface area contributed by atoms with Crippen LogP contribution < -0.4 is 0 Å². The van der Waals surface area contributed by atoms with Crippen molar-refractivity contribution in [2.45, 2.75) is 26.5 Å². The molecule has 0 saturated carbocycles. The maximum absolute atomic E-state index is 13.3. The second kappa shape index (κ2) is 6.98. The summed E-state index contributed by atoms with van der Waals surface area (Å²) >= 11 is 1.51. The van der Waals surface area contributed by atoms with Crippen molar-refractivity contribution in [2.75, 3.05) is 14.2 Å². The maximum Gasteiger partial charge on any atom is 0.253 e. The molecule has 0 unspecified atom stereocenters. The number of aromatic nitrogens is 1. The predicted molar refractivity (Wildman–Crippen MR) is 84.5 cm³/mol. The zero-order valence-corrected chi connectivity index (χ0v) is 13.9. The Bertz CT molecular complexity index is 672. The van der Waals surface area contributed by atoms with Crippen molar-refractivity contribution in [2.24, 2.45) is 0 Å². The number of thiazole rings is 1. The third-order valence-electron chi connectivity index (χ3n) is 3.42. The molecule has 0 N–H and O–H groups in total. The number of ether oxygens (including phenoxy) is 1. The summed E-state index contributed by atoms with van der Waals surface area (Å²) in [6.07, 6.45) is -0.0560. The van der Waals surface area contributed by atoms with Crippen molar-refractivity contribution in [1.82, 2.24) is 9.88 Å². The van der Waals surface area contributed by atoms with E-state index in [0.29, 0.717) is 17.7 Å². The molecule has 22 heavy (non-hydrogen) atoms. The molecule has 4 nitrogen and oxygen atoms in total. The van der Waals surface area contributed by atoms with Gasteiger partial charge in [0.25, 0.3) is 5.91 Å². The Labute approximate surface area is 133 Å². The Morgan fingerprint density at radius 2 is 2.23 bits per heavy atom. The Hall–Kier alpha value is -1.79. The van der Waals surface area contributed by atoms with Crippen LogP contribution >= 0.6 is 11.3 Å². The molecule has 0 bridgehead atoms. The van der Waals surface area contributed by atoms with E-state index in [9.17, 15) is 9.18 Å². The van der Waals surface area contributed by atoms with Crippen LogP contribution in [-0.2, 0) is 11.3 Å². The van der Waals surface area contributed by atoms with Crippen LogP contribution in [0.2, 0.25) is 0 Å². The molecule has 2 aromatic rings. The largest absolute Gasteiger partial charge is 0.375 e. The van der Waals surface area contributed by atoms with Crippen molar-refractivity contribution in [3.05, 3.63) is 51.2 Å². The van der Waals surface area contributed by atoms with E-state index in [0.717, 1.165) is 10.7 Å². The highest BCUT2D eigenvalue weighted by Gasteiger charge is 2.16. The summed E-state index contributed by atoms with van der Waals surface area (Å²) in [7, 11) is 3.35. The smallest absolute Gasteiger partial charge is 0.253 e. The first kappa shape index (κ1) is 16.6. The van der Waals surface area contributed by atoms with E-state index in [1.54, 1.807) is 32.0 Å². The summed E-state index contributed by atoms with van der Waals surface area (Å²) in [4.78, 5) is 18.4. The van der Waals surface area contributed by atoms with Gasteiger partial charge < -0.3 is 9.64 Å². The number of halogens is 1. The molecule has 6 heteroatoms. The number of carbonyl (C=O) groups is 1. The SMILES string of the molecule is CO[C@H](C)c1nc(CN(C)C(=O)c2ccc(F)c(C)c2)cs1. The van der Waals surface area contributed by atoms with E-state index in [2.05, 4.69) is 4.98 Å². The molecule has 0 aliphatic heterocycles. The third kappa shape index (κ3) is 3.69. The summed E-state index contributed by atoms with van der Waals surface area (Å²) in [6, 6.07) is 4.38. The van der Waals surface area contributed by atoms with E-state index >= 15 is 0 Å². The van der Waals surface area contributed by atoms with E-state index in [1.165, 1.54) is 23.5 Å². The highest BCUT2D eigenvalue weighted by atomic mass is 32.1. The number of amides is 1. The fourth-order valence-corrected chi connectivity index (χ4v) is 2.84. The summed E-state index contributed by atoms with van der Waals surface area (Å²) in [5.74, 6) is -0.464. The average Bonchev–Trinajstić information content (AvgIpc) is 2.96. The number of hydrogen-bond donors (Lipinski definition) is 0. The van der Waals surface area contributed by atoms with Gasteiger partial charge in [-0.25, -0.2) is 9.37 Å². The van der Waals surface area contributed by atoms with Crippen LogP contribution in [0.1, 0.15) is 39.7 Å². The normalized spacial score (nSPS) is 12.2. The van der Waals surface area contributed by atoms with Gasteiger partial charge in [0, 0.05) is 25.1 Å². The number of aryl methyl sites for hydroxylation is 1. The molecule has 1 atom stereocenters.